The van der Waals surface area contributed by atoms with Crippen LogP contribution in [0, 0.1) is 5.41 Å². The van der Waals surface area contributed by atoms with Gasteiger partial charge in [0.05, 0.1) is 0 Å². The topological polar surface area (TPSA) is 32.3 Å². The van der Waals surface area contributed by atoms with Crippen LogP contribution in [0.2, 0.25) is 0 Å². The minimum Gasteiger partial charge on any atom is -0.335 e. The lowest BCUT2D eigenvalue weighted by Gasteiger charge is -2.29. The lowest BCUT2D eigenvalue weighted by molar-refractivity contribution is -0.132. The van der Waals surface area contributed by atoms with Crippen LogP contribution < -0.4 is 5.32 Å². The highest BCUT2D eigenvalue weighted by Crippen LogP contribution is 2.56. The van der Waals surface area contributed by atoms with Gasteiger partial charge in [0.15, 0.2) is 0 Å². The zero-order chi connectivity index (χ0) is 14.7. The van der Waals surface area contributed by atoms with Crippen molar-refractivity contribution in [2.45, 2.75) is 38.3 Å². The summed E-state index contributed by atoms with van der Waals surface area (Å²) in [5.74, 6) is 1.27. The van der Waals surface area contributed by atoms with Crippen molar-refractivity contribution in [1.29, 1.82) is 0 Å². The molecule has 5 heteroatoms. The number of thiophene rings is 1. The van der Waals surface area contributed by atoms with Crippen LogP contribution in [0.4, 0.5) is 0 Å². The quantitative estimate of drug-likeness (QED) is 0.873. The fourth-order valence-corrected chi connectivity index (χ4v) is 4.55. The number of thioether (sulfide) groups is 1. The SMILES string of the molecule is CSCCC(=O)N(Cc1ccsc1)[C@@H]1CC12CCNCC2. The van der Waals surface area contributed by atoms with E-state index in [1.54, 1.807) is 23.1 Å². The molecule has 0 radical (unpaired) electrons. The van der Waals surface area contributed by atoms with Gasteiger partial charge in [0.25, 0.3) is 0 Å². The molecule has 1 atom stereocenters. The Kier molecular flexibility index (Phi) is 4.92. The van der Waals surface area contributed by atoms with Gasteiger partial charge in [0.1, 0.15) is 0 Å². The Bertz CT molecular complexity index is 469. The van der Waals surface area contributed by atoms with E-state index in [1.807, 2.05) is 0 Å². The molecular formula is C16H24N2OS2. The zero-order valence-electron chi connectivity index (χ0n) is 12.6. The Morgan fingerprint density at radius 2 is 2.33 bits per heavy atom. The van der Waals surface area contributed by atoms with Crippen molar-refractivity contribution in [3.63, 3.8) is 0 Å². The van der Waals surface area contributed by atoms with Crippen molar-refractivity contribution >= 4 is 29.0 Å². The van der Waals surface area contributed by atoms with Gasteiger partial charge in [-0.25, -0.2) is 0 Å². The normalized spacial score (nSPS) is 23.2. The first-order valence-electron chi connectivity index (χ1n) is 7.75. The molecule has 1 aromatic rings. The zero-order valence-corrected chi connectivity index (χ0v) is 14.3. The van der Waals surface area contributed by atoms with Gasteiger partial charge in [-0.2, -0.15) is 23.1 Å². The Morgan fingerprint density at radius 3 is 3.00 bits per heavy atom. The molecule has 0 unspecified atom stereocenters. The van der Waals surface area contributed by atoms with Crippen LogP contribution in [-0.4, -0.2) is 41.9 Å². The maximum atomic E-state index is 12.6. The van der Waals surface area contributed by atoms with Gasteiger partial charge in [-0.15, -0.1) is 0 Å². The molecule has 21 heavy (non-hydrogen) atoms. The van der Waals surface area contributed by atoms with Gasteiger partial charge < -0.3 is 10.2 Å². The van der Waals surface area contributed by atoms with Crippen LogP contribution in [0.1, 0.15) is 31.2 Å². The molecule has 1 aromatic heterocycles. The molecule has 1 N–H and O–H groups in total. The van der Waals surface area contributed by atoms with Gasteiger partial charge in [-0.05, 0) is 66.4 Å². The number of carbonyl (C=O) groups is 1. The van der Waals surface area contributed by atoms with E-state index in [1.165, 1.54) is 24.8 Å². The van der Waals surface area contributed by atoms with Gasteiger partial charge in [0, 0.05) is 24.8 Å². The number of amides is 1. The number of piperidine rings is 1. The average Bonchev–Trinajstić information content (AvgIpc) is 2.95. The fraction of sp³-hybridized carbons (Fsp3) is 0.688. The molecule has 2 heterocycles. The van der Waals surface area contributed by atoms with E-state index < -0.39 is 0 Å². The van der Waals surface area contributed by atoms with Crippen LogP contribution in [0.25, 0.3) is 0 Å². The van der Waals surface area contributed by atoms with Crippen LogP contribution in [0.3, 0.4) is 0 Å². The first kappa shape index (κ1) is 15.4. The predicted molar refractivity (Wildman–Crippen MR) is 90.8 cm³/mol. The van der Waals surface area contributed by atoms with Crippen LogP contribution in [-0.2, 0) is 11.3 Å². The van der Waals surface area contributed by atoms with E-state index in [0.29, 0.717) is 23.8 Å². The number of hydrogen-bond donors (Lipinski definition) is 1. The highest BCUT2D eigenvalue weighted by Gasteiger charge is 2.57. The molecule has 0 aromatic carbocycles. The number of nitrogens with zero attached hydrogens (tertiary/aromatic N) is 1. The van der Waals surface area contributed by atoms with Crippen molar-refractivity contribution < 1.29 is 4.79 Å². The Labute approximate surface area is 135 Å². The molecule has 3 nitrogen and oxygen atoms in total. The third-order valence-corrected chi connectivity index (χ3v) is 6.24. The second-order valence-electron chi connectivity index (χ2n) is 6.23. The van der Waals surface area contributed by atoms with Gasteiger partial charge in [-0.3, -0.25) is 4.79 Å². The van der Waals surface area contributed by atoms with E-state index in [-0.39, 0.29) is 0 Å². The maximum absolute atomic E-state index is 12.6. The highest BCUT2D eigenvalue weighted by molar-refractivity contribution is 7.98. The lowest BCUT2D eigenvalue weighted by atomic mass is 9.93. The molecule has 1 aliphatic heterocycles. The molecular weight excluding hydrogens is 300 g/mol. The summed E-state index contributed by atoms with van der Waals surface area (Å²) in [6.45, 7) is 3.03. The Morgan fingerprint density at radius 1 is 1.52 bits per heavy atom. The fourth-order valence-electron chi connectivity index (χ4n) is 3.51. The van der Waals surface area contributed by atoms with Gasteiger partial charge >= 0.3 is 0 Å². The summed E-state index contributed by atoms with van der Waals surface area (Å²) >= 11 is 3.48. The smallest absolute Gasteiger partial charge is 0.223 e. The molecule has 2 aliphatic rings. The molecule has 1 amide bonds. The second-order valence-corrected chi connectivity index (χ2v) is 7.99. The lowest BCUT2D eigenvalue weighted by Crippen LogP contribution is -2.39. The summed E-state index contributed by atoms with van der Waals surface area (Å²) in [6.07, 6.45) is 6.42. The van der Waals surface area contributed by atoms with E-state index in [4.69, 9.17) is 0 Å². The third-order valence-electron chi connectivity index (χ3n) is 4.90. The maximum Gasteiger partial charge on any atom is 0.223 e. The van der Waals surface area contributed by atoms with E-state index >= 15 is 0 Å². The minimum absolute atomic E-state index is 0.343. The van der Waals surface area contributed by atoms with Gasteiger partial charge in [0.2, 0.25) is 5.91 Å². The summed E-state index contributed by atoms with van der Waals surface area (Å²) in [6, 6.07) is 2.63. The van der Waals surface area contributed by atoms with E-state index in [0.717, 1.165) is 25.4 Å². The third kappa shape index (κ3) is 3.46. The summed E-state index contributed by atoms with van der Waals surface area (Å²) in [4.78, 5) is 14.8. The van der Waals surface area contributed by atoms with Crippen molar-refractivity contribution in [2.24, 2.45) is 5.41 Å². The molecule has 1 aliphatic carbocycles. The average molecular weight is 325 g/mol. The van der Waals surface area contributed by atoms with Crippen molar-refractivity contribution in [1.82, 2.24) is 10.2 Å². The predicted octanol–water partition coefficient (Wildman–Crippen LogP) is 2.97. The van der Waals surface area contributed by atoms with E-state index in [2.05, 4.69) is 33.3 Å². The minimum atomic E-state index is 0.343. The first-order valence-corrected chi connectivity index (χ1v) is 10.1. The number of nitrogens with one attached hydrogen (secondary N) is 1. The first-order chi connectivity index (χ1) is 10.2. The van der Waals surface area contributed by atoms with Gasteiger partial charge in [-0.1, -0.05) is 0 Å². The molecule has 1 saturated carbocycles. The highest BCUT2D eigenvalue weighted by atomic mass is 32.2. The molecule has 2 fully saturated rings. The summed E-state index contributed by atoms with van der Waals surface area (Å²) < 4.78 is 0. The molecule has 3 rings (SSSR count). The molecule has 1 spiro atoms. The van der Waals surface area contributed by atoms with Crippen molar-refractivity contribution in [3.8, 4) is 0 Å². The Balaban J connectivity index is 1.68. The number of hydrogen-bond acceptors (Lipinski definition) is 4. The summed E-state index contributed by atoms with van der Waals surface area (Å²) in [5, 5.41) is 7.72. The standard InChI is InChI=1S/C16H24N2OS2/c1-20-8-3-15(19)18(11-13-2-9-21-12-13)14-10-16(14)4-6-17-7-5-16/h2,9,12,14,17H,3-8,10-11H2,1H3/t14-/m1/s1. The van der Waals surface area contributed by atoms with Crippen LogP contribution in [0.5, 0.6) is 0 Å². The van der Waals surface area contributed by atoms with Crippen LogP contribution in [0.15, 0.2) is 16.8 Å². The summed E-state index contributed by atoms with van der Waals surface area (Å²) in [7, 11) is 0. The van der Waals surface area contributed by atoms with E-state index in [9.17, 15) is 4.79 Å². The molecule has 0 bridgehead atoms. The second kappa shape index (κ2) is 6.71. The van der Waals surface area contributed by atoms with Crippen LogP contribution >= 0.6 is 23.1 Å². The Hall–Kier alpha value is -0.520. The molecule has 1 saturated heterocycles. The number of rotatable bonds is 6. The summed E-state index contributed by atoms with van der Waals surface area (Å²) in [5.41, 5.74) is 1.71. The monoisotopic (exact) mass is 324 g/mol. The molecule has 116 valence electrons. The van der Waals surface area contributed by atoms with Crippen molar-refractivity contribution in [2.75, 3.05) is 25.1 Å². The number of carbonyl (C=O) groups excluding carboxylic acids is 1. The van der Waals surface area contributed by atoms with Crippen molar-refractivity contribution in [3.05, 3.63) is 22.4 Å². The largest absolute Gasteiger partial charge is 0.335 e.